The first-order chi connectivity index (χ1) is 9.46. The molecule has 108 valence electrons. The van der Waals surface area contributed by atoms with Crippen molar-refractivity contribution in [2.45, 2.75) is 42.5 Å². The molecule has 1 unspecified atom stereocenters. The van der Waals surface area contributed by atoms with E-state index in [1.807, 2.05) is 17.6 Å². The van der Waals surface area contributed by atoms with Gasteiger partial charge in [-0.2, -0.15) is 0 Å². The summed E-state index contributed by atoms with van der Waals surface area (Å²) in [7, 11) is 2.29. The third kappa shape index (κ3) is 2.26. The van der Waals surface area contributed by atoms with Crippen LogP contribution in [0.3, 0.4) is 0 Å². The molecule has 0 spiro atoms. The highest BCUT2D eigenvalue weighted by atomic mass is 32.2. The Morgan fingerprint density at radius 1 is 1.20 bits per heavy atom. The van der Waals surface area contributed by atoms with Crippen LogP contribution in [-0.2, 0) is 13.0 Å². The van der Waals surface area contributed by atoms with Gasteiger partial charge in [-0.15, -0.1) is 23.1 Å². The van der Waals surface area contributed by atoms with Gasteiger partial charge in [0.1, 0.15) is 16.4 Å². The van der Waals surface area contributed by atoms with Gasteiger partial charge >= 0.3 is 0 Å². The molecule has 0 amide bonds. The zero-order valence-electron chi connectivity index (χ0n) is 12.5. The van der Waals surface area contributed by atoms with Gasteiger partial charge in [0.2, 0.25) is 0 Å². The fraction of sp³-hybridized carbons (Fsp3) is 0.571. The Balaban J connectivity index is 2.24. The molecule has 0 fully saturated rings. The number of aromatic nitrogens is 2. The largest absolute Gasteiger partial charge is 0.328 e. The second-order valence-corrected chi connectivity index (χ2v) is 8.57. The molecular weight excluding hydrogens is 306 g/mol. The minimum atomic E-state index is 0.287. The second kappa shape index (κ2) is 5.16. The van der Waals surface area contributed by atoms with Gasteiger partial charge in [-0.05, 0) is 31.9 Å². The Hall–Kier alpha value is -0.300. The van der Waals surface area contributed by atoms with Crippen LogP contribution < -0.4 is 4.90 Å². The summed E-state index contributed by atoms with van der Waals surface area (Å²) >= 11 is 5.23. The zero-order valence-corrected chi connectivity index (χ0v) is 15.0. The summed E-state index contributed by atoms with van der Waals surface area (Å²) in [6.07, 6.45) is 5.27. The summed E-state index contributed by atoms with van der Waals surface area (Å²) < 4.78 is 0. The number of nitrogens with one attached hydrogen (secondary N) is 1. The topological polar surface area (TPSA) is 30.2 Å². The number of thiophene rings is 1. The maximum absolute atomic E-state index is 4.73. The van der Waals surface area contributed by atoms with Crippen molar-refractivity contribution < 1.29 is 4.90 Å². The molecule has 3 rings (SSSR count). The van der Waals surface area contributed by atoms with Crippen molar-refractivity contribution in [3.8, 4) is 0 Å². The van der Waals surface area contributed by atoms with E-state index in [1.165, 1.54) is 20.7 Å². The molecule has 0 aliphatic carbocycles. The Morgan fingerprint density at radius 2 is 1.95 bits per heavy atom. The van der Waals surface area contributed by atoms with Crippen LogP contribution >= 0.6 is 34.9 Å². The Labute approximate surface area is 132 Å². The SMILES string of the molecule is CSc1nc(SC)c2c3c(sc2n1)C[NH+](C)C(C)(C)C3. The fourth-order valence-corrected chi connectivity index (χ4v) is 5.11. The van der Waals surface area contributed by atoms with Gasteiger partial charge in [-0.1, -0.05) is 11.8 Å². The van der Waals surface area contributed by atoms with Gasteiger partial charge in [0.15, 0.2) is 5.16 Å². The predicted octanol–water partition coefficient (Wildman–Crippen LogP) is 2.48. The van der Waals surface area contributed by atoms with E-state index in [4.69, 9.17) is 9.97 Å². The first kappa shape index (κ1) is 14.6. The first-order valence-corrected chi connectivity index (χ1v) is 9.96. The summed E-state index contributed by atoms with van der Waals surface area (Å²) in [5.74, 6) is 0. The number of thioether (sulfide) groups is 2. The van der Waals surface area contributed by atoms with E-state index in [0.29, 0.717) is 0 Å². The minimum absolute atomic E-state index is 0.287. The molecule has 6 heteroatoms. The Bertz CT molecular complexity index is 663. The molecule has 20 heavy (non-hydrogen) atoms. The van der Waals surface area contributed by atoms with E-state index in [-0.39, 0.29) is 5.54 Å². The van der Waals surface area contributed by atoms with E-state index in [9.17, 15) is 0 Å². The first-order valence-electron chi connectivity index (χ1n) is 6.69. The molecule has 0 saturated carbocycles. The van der Waals surface area contributed by atoms with Crippen molar-refractivity contribution >= 4 is 45.1 Å². The number of fused-ring (bicyclic) bond motifs is 3. The van der Waals surface area contributed by atoms with Crippen LogP contribution in [0.1, 0.15) is 24.3 Å². The van der Waals surface area contributed by atoms with Crippen molar-refractivity contribution in [1.82, 2.24) is 9.97 Å². The van der Waals surface area contributed by atoms with Crippen molar-refractivity contribution in [2.75, 3.05) is 19.6 Å². The molecule has 1 aliphatic rings. The molecule has 0 bridgehead atoms. The third-order valence-electron chi connectivity index (χ3n) is 4.26. The summed E-state index contributed by atoms with van der Waals surface area (Å²) in [6.45, 7) is 5.81. The van der Waals surface area contributed by atoms with E-state index < -0.39 is 0 Å². The highest BCUT2D eigenvalue weighted by Gasteiger charge is 2.37. The molecular formula is C14H20N3S3+. The molecule has 0 saturated heterocycles. The van der Waals surface area contributed by atoms with Crippen LogP contribution in [0.4, 0.5) is 0 Å². The number of rotatable bonds is 2. The third-order valence-corrected chi connectivity index (χ3v) is 6.61. The zero-order chi connectivity index (χ0) is 14.5. The van der Waals surface area contributed by atoms with Crippen molar-refractivity contribution in [3.63, 3.8) is 0 Å². The lowest BCUT2D eigenvalue weighted by Crippen LogP contribution is -3.16. The van der Waals surface area contributed by atoms with Crippen molar-refractivity contribution in [1.29, 1.82) is 0 Å². The lowest BCUT2D eigenvalue weighted by molar-refractivity contribution is -0.945. The highest BCUT2D eigenvalue weighted by molar-refractivity contribution is 7.99. The fourth-order valence-electron chi connectivity index (χ4n) is 2.69. The van der Waals surface area contributed by atoms with Gasteiger partial charge in [-0.3, -0.25) is 0 Å². The van der Waals surface area contributed by atoms with Crippen LogP contribution in [0.15, 0.2) is 10.2 Å². The summed E-state index contributed by atoms with van der Waals surface area (Å²) in [6, 6.07) is 0. The second-order valence-electron chi connectivity index (χ2n) is 5.92. The van der Waals surface area contributed by atoms with Gasteiger partial charge in [-0.25, -0.2) is 9.97 Å². The molecule has 1 aliphatic heterocycles. The number of nitrogens with zero attached hydrogens (tertiary/aromatic N) is 2. The molecule has 0 aromatic carbocycles. The van der Waals surface area contributed by atoms with Crippen LogP contribution in [-0.4, -0.2) is 35.1 Å². The van der Waals surface area contributed by atoms with Gasteiger partial charge in [0.05, 0.1) is 17.5 Å². The van der Waals surface area contributed by atoms with Gasteiger partial charge in [0.25, 0.3) is 0 Å². The van der Waals surface area contributed by atoms with Gasteiger partial charge in [0, 0.05) is 11.8 Å². The maximum atomic E-state index is 4.73. The normalized spacial score (nSPS) is 21.1. The lowest BCUT2D eigenvalue weighted by Gasteiger charge is -2.36. The lowest BCUT2D eigenvalue weighted by atomic mass is 9.89. The average molecular weight is 327 g/mol. The molecule has 0 radical (unpaired) electrons. The van der Waals surface area contributed by atoms with E-state index in [2.05, 4.69) is 27.2 Å². The van der Waals surface area contributed by atoms with Gasteiger partial charge < -0.3 is 4.90 Å². The van der Waals surface area contributed by atoms with Crippen LogP contribution in [0.2, 0.25) is 0 Å². The van der Waals surface area contributed by atoms with Crippen LogP contribution in [0.5, 0.6) is 0 Å². The van der Waals surface area contributed by atoms with Crippen LogP contribution in [0.25, 0.3) is 10.2 Å². The Kier molecular flexibility index (Phi) is 3.77. The van der Waals surface area contributed by atoms with E-state index in [0.717, 1.165) is 23.1 Å². The number of hydrogen-bond acceptors (Lipinski definition) is 5. The molecule has 1 atom stereocenters. The maximum Gasteiger partial charge on any atom is 0.189 e. The summed E-state index contributed by atoms with van der Waals surface area (Å²) in [5, 5.41) is 3.35. The summed E-state index contributed by atoms with van der Waals surface area (Å²) in [4.78, 5) is 13.7. The quantitative estimate of drug-likeness (QED) is 0.522. The molecule has 1 N–H and O–H groups in total. The predicted molar refractivity (Wildman–Crippen MR) is 89.4 cm³/mol. The highest BCUT2D eigenvalue weighted by Crippen LogP contribution is 2.38. The van der Waals surface area contributed by atoms with Crippen molar-refractivity contribution in [2.24, 2.45) is 0 Å². The van der Waals surface area contributed by atoms with E-state index >= 15 is 0 Å². The number of likely N-dealkylation sites (N-methyl/N-ethyl adjacent to an activating group) is 1. The molecule has 3 heterocycles. The summed E-state index contributed by atoms with van der Waals surface area (Å²) in [5.41, 5.74) is 1.78. The van der Waals surface area contributed by atoms with Crippen molar-refractivity contribution in [3.05, 3.63) is 10.4 Å². The van der Waals surface area contributed by atoms with Crippen LogP contribution in [0, 0.1) is 0 Å². The number of hydrogen-bond donors (Lipinski definition) is 1. The number of quaternary nitrogens is 1. The smallest absolute Gasteiger partial charge is 0.189 e. The molecule has 2 aromatic heterocycles. The molecule has 2 aromatic rings. The Morgan fingerprint density at radius 3 is 2.60 bits per heavy atom. The molecule has 3 nitrogen and oxygen atoms in total. The van der Waals surface area contributed by atoms with E-state index in [1.54, 1.807) is 28.4 Å². The minimum Gasteiger partial charge on any atom is -0.328 e. The monoisotopic (exact) mass is 326 g/mol. The average Bonchev–Trinajstić information content (AvgIpc) is 2.74. The standard InChI is InChI=1S/C14H19N3S3/c1-14(2)6-8-9(7-17(14)3)20-12-10(8)11(18-4)15-13(16-12)19-5/h6-7H2,1-5H3/p+1.